The third kappa shape index (κ3) is 3.61. The van der Waals surface area contributed by atoms with Gasteiger partial charge in [0.05, 0.1) is 15.8 Å². The first-order valence-corrected chi connectivity index (χ1v) is 7.49. The maximum absolute atomic E-state index is 13.9. The third-order valence-corrected chi connectivity index (χ3v) is 4.51. The average Bonchev–Trinajstić information content (AvgIpc) is 2.91. The largest absolute Gasteiger partial charge is 0.372 e. The van der Waals surface area contributed by atoms with Crippen LogP contribution in [0.2, 0.25) is 4.34 Å². The quantitative estimate of drug-likeness (QED) is 0.906. The van der Waals surface area contributed by atoms with E-state index in [1.807, 2.05) is 0 Å². The van der Waals surface area contributed by atoms with E-state index in [1.54, 1.807) is 37.3 Å². The Labute approximate surface area is 131 Å². The number of benzene rings is 1. The van der Waals surface area contributed by atoms with E-state index in [0.717, 1.165) is 0 Å². The minimum Gasteiger partial charge on any atom is -0.372 e. The molecule has 3 nitrogen and oxygen atoms in total. The Morgan fingerprint density at radius 1 is 1.38 bits per heavy atom. The number of methoxy groups -OCH3 is 1. The van der Waals surface area contributed by atoms with E-state index in [2.05, 4.69) is 5.32 Å². The standard InChI is InChI=1S/C15H15ClFNO2S/c1-15(20-2,10-5-3-4-6-11(10)17)9-18-14(19)12-7-8-13(16)21-12/h3-8H,9H2,1-2H3,(H,18,19)/t15-/m0/s1. The number of carbonyl (C=O) groups is 1. The molecule has 21 heavy (non-hydrogen) atoms. The summed E-state index contributed by atoms with van der Waals surface area (Å²) in [6.45, 7) is 1.88. The number of hydrogen-bond acceptors (Lipinski definition) is 3. The molecular weight excluding hydrogens is 313 g/mol. The van der Waals surface area contributed by atoms with E-state index < -0.39 is 5.60 Å². The van der Waals surface area contributed by atoms with Gasteiger partial charge in [-0.1, -0.05) is 29.8 Å². The van der Waals surface area contributed by atoms with E-state index in [0.29, 0.717) is 14.8 Å². The average molecular weight is 328 g/mol. The molecule has 0 saturated carbocycles. The Morgan fingerprint density at radius 3 is 2.67 bits per heavy atom. The van der Waals surface area contributed by atoms with Crippen LogP contribution in [0, 0.1) is 5.82 Å². The molecule has 0 fully saturated rings. The molecule has 1 N–H and O–H groups in total. The first kappa shape index (κ1) is 15.9. The van der Waals surface area contributed by atoms with Crippen LogP contribution in [0.1, 0.15) is 22.2 Å². The molecule has 0 saturated heterocycles. The van der Waals surface area contributed by atoms with Crippen LogP contribution in [-0.2, 0) is 10.3 Å². The van der Waals surface area contributed by atoms with Crippen LogP contribution in [0.15, 0.2) is 36.4 Å². The zero-order valence-corrected chi connectivity index (χ0v) is 13.2. The Kier molecular flexibility index (Phi) is 4.98. The molecule has 112 valence electrons. The van der Waals surface area contributed by atoms with Gasteiger partial charge in [-0.05, 0) is 25.1 Å². The van der Waals surface area contributed by atoms with Crippen LogP contribution in [0.4, 0.5) is 4.39 Å². The van der Waals surface area contributed by atoms with E-state index in [1.165, 1.54) is 24.5 Å². The summed E-state index contributed by atoms with van der Waals surface area (Å²) in [7, 11) is 1.49. The SMILES string of the molecule is CO[C@@](C)(CNC(=O)c1ccc(Cl)s1)c1ccccc1F. The molecule has 0 aliphatic rings. The molecule has 0 unspecified atom stereocenters. The highest BCUT2D eigenvalue weighted by Crippen LogP contribution is 2.27. The molecule has 6 heteroatoms. The third-order valence-electron chi connectivity index (χ3n) is 3.28. The predicted octanol–water partition coefficient (Wildman–Crippen LogP) is 3.83. The van der Waals surface area contributed by atoms with E-state index >= 15 is 0 Å². The van der Waals surface area contributed by atoms with Crippen molar-refractivity contribution in [2.45, 2.75) is 12.5 Å². The van der Waals surface area contributed by atoms with E-state index in [9.17, 15) is 9.18 Å². The second-order valence-corrected chi connectivity index (χ2v) is 6.42. The summed E-state index contributed by atoms with van der Waals surface area (Å²) in [5, 5.41) is 2.75. The molecule has 1 atom stereocenters. The van der Waals surface area contributed by atoms with Gasteiger partial charge in [0.15, 0.2) is 0 Å². The summed E-state index contributed by atoms with van der Waals surface area (Å²) in [6.07, 6.45) is 0. The van der Waals surface area contributed by atoms with Crippen molar-refractivity contribution >= 4 is 28.8 Å². The lowest BCUT2D eigenvalue weighted by Crippen LogP contribution is -2.40. The highest BCUT2D eigenvalue weighted by Gasteiger charge is 2.30. The Hall–Kier alpha value is -1.43. The molecule has 0 aliphatic carbocycles. The monoisotopic (exact) mass is 327 g/mol. The van der Waals surface area contributed by atoms with Crippen molar-refractivity contribution in [1.29, 1.82) is 0 Å². The summed E-state index contributed by atoms with van der Waals surface area (Å²) in [5.74, 6) is -0.623. The molecule has 1 aromatic heterocycles. The number of amides is 1. The van der Waals surface area contributed by atoms with Gasteiger partial charge in [0.25, 0.3) is 5.91 Å². The van der Waals surface area contributed by atoms with Crippen LogP contribution >= 0.6 is 22.9 Å². The second kappa shape index (κ2) is 6.56. The molecule has 1 heterocycles. The minimum absolute atomic E-state index is 0.152. The summed E-state index contributed by atoms with van der Waals surface area (Å²) in [4.78, 5) is 12.5. The van der Waals surface area contributed by atoms with Gasteiger partial charge in [-0.15, -0.1) is 11.3 Å². The van der Waals surface area contributed by atoms with Gasteiger partial charge in [0, 0.05) is 12.7 Å². The maximum atomic E-state index is 13.9. The van der Waals surface area contributed by atoms with Gasteiger partial charge >= 0.3 is 0 Å². The van der Waals surface area contributed by atoms with Crippen LogP contribution in [0.3, 0.4) is 0 Å². The van der Waals surface area contributed by atoms with Crippen molar-refractivity contribution in [3.05, 3.63) is 57.0 Å². The van der Waals surface area contributed by atoms with Crippen molar-refractivity contribution in [3.8, 4) is 0 Å². The number of rotatable bonds is 5. The first-order valence-electron chi connectivity index (χ1n) is 6.30. The minimum atomic E-state index is -0.942. The molecule has 0 bridgehead atoms. The topological polar surface area (TPSA) is 38.3 Å². The molecule has 1 amide bonds. The fourth-order valence-corrected chi connectivity index (χ4v) is 2.90. The van der Waals surface area contributed by atoms with Gasteiger partial charge < -0.3 is 10.1 Å². The normalized spacial score (nSPS) is 13.7. The number of ether oxygens (including phenoxy) is 1. The Bertz CT molecular complexity index is 646. The Morgan fingerprint density at radius 2 is 2.10 bits per heavy atom. The fourth-order valence-electron chi connectivity index (χ4n) is 1.94. The highest BCUT2D eigenvalue weighted by atomic mass is 35.5. The van der Waals surface area contributed by atoms with Gasteiger partial charge in [0.1, 0.15) is 11.4 Å². The highest BCUT2D eigenvalue weighted by molar-refractivity contribution is 7.17. The van der Waals surface area contributed by atoms with Crippen molar-refractivity contribution < 1.29 is 13.9 Å². The van der Waals surface area contributed by atoms with E-state index in [-0.39, 0.29) is 18.3 Å². The molecule has 1 aromatic carbocycles. The zero-order chi connectivity index (χ0) is 15.5. The number of hydrogen-bond donors (Lipinski definition) is 1. The van der Waals surface area contributed by atoms with Gasteiger partial charge in [-0.25, -0.2) is 4.39 Å². The van der Waals surface area contributed by atoms with Crippen LogP contribution in [0.25, 0.3) is 0 Å². The van der Waals surface area contributed by atoms with Crippen molar-refractivity contribution in [2.75, 3.05) is 13.7 Å². The maximum Gasteiger partial charge on any atom is 0.261 e. The molecule has 2 rings (SSSR count). The summed E-state index contributed by atoms with van der Waals surface area (Å²) in [5.41, 5.74) is -0.542. The number of thiophene rings is 1. The lowest BCUT2D eigenvalue weighted by atomic mass is 9.95. The molecule has 0 aliphatic heterocycles. The van der Waals surface area contributed by atoms with Crippen molar-refractivity contribution in [2.24, 2.45) is 0 Å². The summed E-state index contributed by atoms with van der Waals surface area (Å²) >= 11 is 6.99. The number of halogens is 2. The predicted molar refractivity (Wildman–Crippen MR) is 82.4 cm³/mol. The lowest BCUT2D eigenvalue weighted by molar-refractivity contribution is 0.000423. The van der Waals surface area contributed by atoms with Gasteiger partial charge in [-0.2, -0.15) is 0 Å². The molecular formula is C15H15ClFNO2S. The Balaban J connectivity index is 2.12. The second-order valence-electron chi connectivity index (χ2n) is 4.70. The summed E-state index contributed by atoms with van der Waals surface area (Å²) < 4.78 is 19.9. The zero-order valence-electron chi connectivity index (χ0n) is 11.7. The van der Waals surface area contributed by atoms with Gasteiger partial charge in [-0.3, -0.25) is 4.79 Å². The van der Waals surface area contributed by atoms with E-state index in [4.69, 9.17) is 16.3 Å². The van der Waals surface area contributed by atoms with Crippen LogP contribution in [0.5, 0.6) is 0 Å². The lowest BCUT2D eigenvalue weighted by Gasteiger charge is -2.29. The fraction of sp³-hybridized carbons (Fsp3) is 0.267. The molecule has 0 spiro atoms. The first-order chi connectivity index (χ1) is 9.96. The van der Waals surface area contributed by atoms with Gasteiger partial charge in [0.2, 0.25) is 0 Å². The van der Waals surface area contributed by atoms with Crippen LogP contribution in [-0.4, -0.2) is 19.6 Å². The summed E-state index contributed by atoms with van der Waals surface area (Å²) in [6, 6.07) is 9.67. The van der Waals surface area contributed by atoms with Crippen molar-refractivity contribution in [1.82, 2.24) is 5.32 Å². The molecule has 2 aromatic rings. The smallest absolute Gasteiger partial charge is 0.261 e. The van der Waals surface area contributed by atoms with Crippen LogP contribution < -0.4 is 5.32 Å². The van der Waals surface area contributed by atoms with Crippen molar-refractivity contribution in [3.63, 3.8) is 0 Å². The molecule has 0 radical (unpaired) electrons. The number of nitrogens with one attached hydrogen (secondary N) is 1. The number of carbonyl (C=O) groups excluding carboxylic acids is 1.